The Morgan fingerprint density at radius 2 is 1.69 bits per heavy atom. The maximum Gasteiger partial charge on any atom is 0.0511 e. The van der Waals surface area contributed by atoms with E-state index in [4.69, 9.17) is 0 Å². The zero-order valence-corrected chi connectivity index (χ0v) is 10.6. The summed E-state index contributed by atoms with van der Waals surface area (Å²) in [7, 11) is 4.50. The van der Waals surface area contributed by atoms with Crippen molar-refractivity contribution in [3.05, 3.63) is 0 Å². The van der Waals surface area contributed by atoms with E-state index >= 15 is 0 Å². The molecule has 0 aromatic heterocycles. The summed E-state index contributed by atoms with van der Waals surface area (Å²) in [6.07, 6.45) is 1.41. The first-order chi connectivity index (χ1) is 7.72. The molecule has 0 amide bonds. The highest BCUT2D eigenvalue weighted by atomic mass is 15.4. The topological polar surface area (TPSA) is 13.0 Å². The number of fused-ring (bicyclic) bond motifs is 2. The lowest BCUT2D eigenvalue weighted by molar-refractivity contribution is 0.0525. The van der Waals surface area contributed by atoms with Gasteiger partial charge < -0.3 is 9.80 Å². The molecule has 0 aliphatic carbocycles. The summed E-state index contributed by atoms with van der Waals surface area (Å²) in [5, 5.41) is 0. The summed E-state index contributed by atoms with van der Waals surface area (Å²) in [4.78, 5) is 10.3. The van der Waals surface area contributed by atoms with Crippen LogP contribution in [-0.2, 0) is 0 Å². The van der Waals surface area contributed by atoms with Crippen LogP contribution in [0, 0.1) is 0 Å². The van der Waals surface area contributed by atoms with E-state index in [-0.39, 0.29) is 0 Å². The Morgan fingerprint density at radius 1 is 0.938 bits per heavy atom. The number of hydrogen-bond acceptors (Lipinski definition) is 4. The molecule has 0 radical (unpaired) electrons. The third kappa shape index (κ3) is 1.99. The molecule has 0 aromatic carbocycles. The number of rotatable bonds is 2. The molecule has 3 rings (SSSR count). The van der Waals surface area contributed by atoms with Crippen LogP contribution in [0.25, 0.3) is 0 Å². The van der Waals surface area contributed by atoms with Crippen LogP contribution in [0.4, 0.5) is 0 Å². The fourth-order valence-electron chi connectivity index (χ4n) is 3.37. The molecule has 0 N–H and O–H groups in total. The lowest BCUT2D eigenvalue weighted by atomic mass is 10.2. The van der Waals surface area contributed by atoms with Crippen molar-refractivity contribution >= 4 is 0 Å². The fraction of sp³-hybridized carbons (Fsp3) is 1.00. The molecule has 0 saturated carbocycles. The Labute approximate surface area is 98.8 Å². The first-order valence-electron chi connectivity index (χ1n) is 6.57. The molecule has 3 aliphatic heterocycles. The Bertz CT molecular complexity index is 247. The summed E-state index contributed by atoms with van der Waals surface area (Å²) < 4.78 is 0. The number of likely N-dealkylation sites (N-methyl/N-ethyl adjacent to an activating group) is 2. The van der Waals surface area contributed by atoms with Crippen molar-refractivity contribution in [3.63, 3.8) is 0 Å². The van der Waals surface area contributed by atoms with E-state index in [1.54, 1.807) is 0 Å². The molecule has 4 nitrogen and oxygen atoms in total. The van der Waals surface area contributed by atoms with Gasteiger partial charge in [0.05, 0.1) is 6.67 Å². The molecular formula is C12H24N4. The van der Waals surface area contributed by atoms with Gasteiger partial charge in [0.2, 0.25) is 0 Å². The van der Waals surface area contributed by atoms with Crippen LogP contribution in [-0.4, -0.2) is 91.7 Å². The van der Waals surface area contributed by atoms with Crippen LogP contribution in [0.15, 0.2) is 0 Å². The lowest BCUT2D eigenvalue weighted by Gasteiger charge is -2.39. The first-order valence-corrected chi connectivity index (χ1v) is 6.57. The van der Waals surface area contributed by atoms with E-state index in [2.05, 4.69) is 33.7 Å². The highest BCUT2D eigenvalue weighted by Gasteiger charge is 2.41. The van der Waals surface area contributed by atoms with E-state index in [9.17, 15) is 0 Å². The standard InChI is InChI=1S/C12H24N4/c1-13-3-5-15(6-4-13)10-16-9-11-7-12(16)8-14(11)2/h11-12H,3-10H2,1-2H3. The van der Waals surface area contributed by atoms with Crippen LogP contribution in [0.2, 0.25) is 0 Å². The number of likely N-dealkylation sites (tertiary alicyclic amines) is 2. The van der Waals surface area contributed by atoms with Gasteiger partial charge in [-0.15, -0.1) is 0 Å². The quantitative estimate of drug-likeness (QED) is 0.631. The van der Waals surface area contributed by atoms with Gasteiger partial charge in [0.25, 0.3) is 0 Å². The largest absolute Gasteiger partial charge is 0.304 e. The average molecular weight is 224 g/mol. The van der Waals surface area contributed by atoms with Gasteiger partial charge in [0.15, 0.2) is 0 Å². The minimum absolute atomic E-state index is 0.842. The van der Waals surface area contributed by atoms with Crippen molar-refractivity contribution in [1.82, 2.24) is 19.6 Å². The van der Waals surface area contributed by atoms with E-state index in [1.165, 1.54) is 52.4 Å². The maximum absolute atomic E-state index is 2.70. The zero-order chi connectivity index (χ0) is 11.1. The lowest BCUT2D eigenvalue weighted by Crippen LogP contribution is -2.53. The second kappa shape index (κ2) is 4.26. The minimum atomic E-state index is 0.842. The SMILES string of the molecule is CN1CCN(CN2CC3CC2CN3C)CC1. The summed E-state index contributed by atoms with van der Waals surface area (Å²) in [6.45, 7) is 8.78. The van der Waals surface area contributed by atoms with Crippen molar-refractivity contribution in [2.75, 3.05) is 60.0 Å². The maximum atomic E-state index is 2.70. The van der Waals surface area contributed by atoms with Crippen LogP contribution in [0.3, 0.4) is 0 Å². The molecule has 16 heavy (non-hydrogen) atoms. The zero-order valence-electron chi connectivity index (χ0n) is 10.6. The van der Waals surface area contributed by atoms with Gasteiger partial charge in [-0.1, -0.05) is 0 Å². The van der Waals surface area contributed by atoms with Gasteiger partial charge in [-0.3, -0.25) is 9.80 Å². The van der Waals surface area contributed by atoms with Crippen molar-refractivity contribution in [2.45, 2.75) is 18.5 Å². The van der Waals surface area contributed by atoms with Gasteiger partial charge in [-0.05, 0) is 20.5 Å². The molecule has 3 heterocycles. The Morgan fingerprint density at radius 3 is 2.25 bits per heavy atom. The molecule has 3 aliphatic rings. The highest BCUT2D eigenvalue weighted by molar-refractivity contribution is 4.98. The van der Waals surface area contributed by atoms with E-state index in [0.29, 0.717) is 0 Å². The van der Waals surface area contributed by atoms with Crippen molar-refractivity contribution < 1.29 is 0 Å². The summed E-state index contributed by atoms with van der Waals surface area (Å²) in [6, 6.07) is 1.69. The molecule has 0 spiro atoms. The molecular weight excluding hydrogens is 200 g/mol. The molecule has 92 valence electrons. The molecule has 3 saturated heterocycles. The molecule has 3 fully saturated rings. The molecule has 4 heteroatoms. The van der Waals surface area contributed by atoms with Crippen molar-refractivity contribution in [3.8, 4) is 0 Å². The fourth-order valence-corrected chi connectivity index (χ4v) is 3.37. The predicted octanol–water partition coefficient (Wildman–Crippen LogP) is -0.420. The monoisotopic (exact) mass is 224 g/mol. The van der Waals surface area contributed by atoms with Gasteiger partial charge in [0.1, 0.15) is 0 Å². The normalized spacial score (nSPS) is 38.6. The predicted molar refractivity (Wildman–Crippen MR) is 65.5 cm³/mol. The molecule has 0 aromatic rings. The molecule has 2 bridgehead atoms. The van der Waals surface area contributed by atoms with E-state index in [0.717, 1.165) is 12.1 Å². The van der Waals surface area contributed by atoms with Crippen LogP contribution in [0.1, 0.15) is 6.42 Å². The number of hydrogen-bond donors (Lipinski definition) is 0. The summed E-state index contributed by atoms with van der Waals surface area (Å²) in [5.41, 5.74) is 0. The van der Waals surface area contributed by atoms with E-state index in [1.807, 2.05) is 0 Å². The second-order valence-corrected chi connectivity index (χ2v) is 5.82. The van der Waals surface area contributed by atoms with Crippen LogP contribution in [0.5, 0.6) is 0 Å². The number of nitrogens with zero attached hydrogens (tertiary/aromatic N) is 4. The second-order valence-electron chi connectivity index (χ2n) is 5.82. The Kier molecular flexibility index (Phi) is 2.92. The van der Waals surface area contributed by atoms with Crippen LogP contribution < -0.4 is 0 Å². The smallest absolute Gasteiger partial charge is 0.0511 e. The summed E-state index contributed by atoms with van der Waals surface area (Å²) in [5.74, 6) is 0. The van der Waals surface area contributed by atoms with Gasteiger partial charge in [-0.2, -0.15) is 0 Å². The van der Waals surface area contributed by atoms with Gasteiger partial charge in [-0.25, -0.2) is 0 Å². The van der Waals surface area contributed by atoms with Crippen molar-refractivity contribution in [1.29, 1.82) is 0 Å². The van der Waals surface area contributed by atoms with Crippen molar-refractivity contribution in [2.24, 2.45) is 0 Å². The van der Waals surface area contributed by atoms with Gasteiger partial charge >= 0.3 is 0 Å². The third-order valence-electron chi connectivity index (χ3n) is 4.61. The van der Waals surface area contributed by atoms with Crippen LogP contribution >= 0.6 is 0 Å². The average Bonchev–Trinajstić information content (AvgIpc) is 2.80. The third-order valence-corrected chi connectivity index (χ3v) is 4.61. The van der Waals surface area contributed by atoms with E-state index < -0.39 is 0 Å². The Balaban J connectivity index is 1.50. The summed E-state index contributed by atoms with van der Waals surface area (Å²) >= 11 is 0. The van der Waals surface area contributed by atoms with Gasteiger partial charge in [0, 0.05) is 51.4 Å². The first kappa shape index (κ1) is 11.0. The Hall–Kier alpha value is -0.160. The highest BCUT2D eigenvalue weighted by Crippen LogP contribution is 2.29. The number of piperazine rings is 2. The minimum Gasteiger partial charge on any atom is -0.304 e. The molecule has 2 atom stereocenters. The molecule has 2 unspecified atom stereocenters.